The third-order valence-corrected chi connectivity index (χ3v) is 4.43. The van der Waals surface area contributed by atoms with Crippen molar-refractivity contribution >= 4 is 17.5 Å². The van der Waals surface area contributed by atoms with Gasteiger partial charge in [0.1, 0.15) is 5.82 Å². The number of amides is 1. The molecule has 1 aliphatic rings. The number of nitrogens with zero attached hydrogens (tertiary/aromatic N) is 1. The predicted octanol–water partition coefficient (Wildman–Crippen LogP) is 2.50. The summed E-state index contributed by atoms with van der Waals surface area (Å²) < 4.78 is 13.4. The molecule has 1 saturated heterocycles. The number of benzene rings is 1. The Balaban J connectivity index is 1.90. The summed E-state index contributed by atoms with van der Waals surface area (Å²) in [5, 5.41) is 12.8. The van der Waals surface area contributed by atoms with Crippen LogP contribution in [0.1, 0.15) is 37.9 Å². The first-order valence-corrected chi connectivity index (χ1v) is 8.05. The summed E-state index contributed by atoms with van der Waals surface area (Å²) in [5.74, 6) is -0.649. The molecular formula is C16H22ClFN2O2. The van der Waals surface area contributed by atoms with Crippen molar-refractivity contribution < 1.29 is 14.3 Å². The zero-order chi connectivity index (χ0) is 16.1. The van der Waals surface area contributed by atoms with E-state index in [1.54, 1.807) is 6.07 Å². The molecule has 1 fully saturated rings. The van der Waals surface area contributed by atoms with E-state index in [0.717, 1.165) is 32.4 Å². The maximum absolute atomic E-state index is 13.4. The molecule has 0 aliphatic carbocycles. The van der Waals surface area contributed by atoms with E-state index in [2.05, 4.69) is 10.2 Å². The molecule has 1 aromatic carbocycles. The third kappa shape index (κ3) is 4.18. The van der Waals surface area contributed by atoms with Crippen LogP contribution >= 0.6 is 11.6 Å². The minimum Gasteiger partial charge on any atom is -0.387 e. The average Bonchev–Trinajstić information content (AvgIpc) is 2.54. The molecular weight excluding hydrogens is 307 g/mol. The molecule has 1 amide bonds. The number of carbonyl (C=O) groups excluding carboxylic acids is 1. The van der Waals surface area contributed by atoms with Crippen molar-refractivity contribution in [3.63, 3.8) is 0 Å². The van der Waals surface area contributed by atoms with E-state index in [1.807, 2.05) is 6.92 Å². The number of piperidine rings is 1. The summed E-state index contributed by atoms with van der Waals surface area (Å²) >= 11 is 5.61. The van der Waals surface area contributed by atoms with Crippen LogP contribution in [-0.4, -0.2) is 41.6 Å². The first-order valence-electron chi connectivity index (χ1n) is 7.67. The number of nitrogens with one attached hydrogen (secondary N) is 1. The Morgan fingerprint density at radius 2 is 2.32 bits per heavy atom. The molecule has 6 heteroatoms. The molecule has 1 aromatic rings. The van der Waals surface area contributed by atoms with Gasteiger partial charge in [0.25, 0.3) is 0 Å². The minimum absolute atomic E-state index is 0.0146. The molecule has 2 N–H and O–H groups in total. The molecule has 1 aliphatic heterocycles. The highest BCUT2D eigenvalue weighted by molar-refractivity contribution is 6.30. The van der Waals surface area contributed by atoms with Crippen molar-refractivity contribution in [3.05, 3.63) is 34.6 Å². The van der Waals surface area contributed by atoms with E-state index in [9.17, 15) is 14.3 Å². The van der Waals surface area contributed by atoms with Crippen LogP contribution in [0.2, 0.25) is 5.02 Å². The maximum Gasteiger partial charge on any atom is 0.237 e. The van der Waals surface area contributed by atoms with Gasteiger partial charge in [-0.3, -0.25) is 9.69 Å². The highest BCUT2D eigenvalue weighted by Gasteiger charge is 2.27. The summed E-state index contributed by atoms with van der Waals surface area (Å²) in [7, 11) is 0. The Kier molecular flexibility index (Phi) is 6.17. The number of aliphatic hydroxyl groups excluding tert-OH is 1. The lowest BCUT2D eigenvalue weighted by atomic mass is 10.0. The van der Waals surface area contributed by atoms with Gasteiger partial charge in [-0.1, -0.05) is 31.0 Å². The standard InChI is InChI=1S/C16H22ClFN2O2/c1-2-20-8-4-3-5-14(20)16(22)19-10-15(21)11-6-7-12(17)13(18)9-11/h6-7,9,14-15,21H,2-5,8,10H2,1H3,(H,19,22). The van der Waals surface area contributed by atoms with Gasteiger partial charge in [0.15, 0.2) is 0 Å². The molecule has 0 bridgehead atoms. The van der Waals surface area contributed by atoms with Gasteiger partial charge in [0, 0.05) is 6.54 Å². The Morgan fingerprint density at radius 3 is 3.00 bits per heavy atom. The van der Waals surface area contributed by atoms with Crippen LogP contribution in [0.4, 0.5) is 4.39 Å². The lowest BCUT2D eigenvalue weighted by Gasteiger charge is -2.33. The number of rotatable bonds is 5. The molecule has 1 heterocycles. The SMILES string of the molecule is CCN1CCCCC1C(=O)NCC(O)c1ccc(Cl)c(F)c1. The van der Waals surface area contributed by atoms with E-state index in [1.165, 1.54) is 12.1 Å². The zero-order valence-corrected chi connectivity index (χ0v) is 13.4. The van der Waals surface area contributed by atoms with Gasteiger partial charge in [-0.25, -0.2) is 4.39 Å². The second kappa shape index (κ2) is 7.90. The Morgan fingerprint density at radius 1 is 1.55 bits per heavy atom. The van der Waals surface area contributed by atoms with Gasteiger partial charge >= 0.3 is 0 Å². The second-order valence-corrected chi connectivity index (χ2v) is 5.98. The minimum atomic E-state index is -0.950. The molecule has 2 rings (SSSR count). The monoisotopic (exact) mass is 328 g/mol. The highest BCUT2D eigenvalue weighted by atomic mass is 35.5. The van der Waals surface area contributed by atoms with E-state index in [0.29, 0.717) is 5.56 Å². The molecule has 0 spiro atoms. The molecule has 2 unspecified atom stereocenters. The van der Waals surface area contributed by atoms with Crippen molar-refractivity contribution in [1.82, 2.24) is 10.2 Å². The summed E-state index contributed by atoms with van der Waals surface area (Å²) in [6.07, 6.45) is 2.05. The van der Waals surface area contributed by atoms with E-state index >= 15 is 0 Å². The van der Waals surface area contributed by atoms with Gasteiger partial charge in [-0.15, -0.1) is 0 Å². The van der Waals surface area contributed by atoms with E-state index in [-0.39, 0.29) is 23.5 Å². The van der Waals surface area contributed by atoms with Crippen LogP contribution in [0, 0.1) is 5.82 Å². The number of hydrogen-bond donors (Lipinski definition) is 2. The quantitative estimate of drug-likeness (QED) is 0.873. The fraction of sp³-hybridized carbons (Fsp3) is 0.562. The second-order valence-electron chi connectivity index (χ2n) is 5.57. The van der Waals surface area contributed by atoms with Crippen LogP contribution in [0.5, 0.6) is 0 Å². The largest absolute Gasteiger partial charge is 0.387 e. The van der Waals surface area contributed by atoms with Crippen LogP contribution in [0.15, 0.2) is 18.2 Å². The molecule has 0 aromatic heterocycles. The predicted molar refractivity (Wildman–Crippen MR) is 84.3 cm³/mol. The average molecular weight is 329 g/mol. The Bertz CT molecular complexity index is 527. The van der Waals surface area contributed by atoms with Crippen molar-refractivity contribution in [2.75, 3.05) is 19.6 Å². The Labute approximate surface area is 135 Å². The summed E-state index contributed by atoms with van der Waals surface area (Å²) in [6.45, 7) is 3.87. The normalized spacial score (nSPS) is 20.6. The van der Waals surface area contributed by atoms with Gasteiger partial charge < -0.3 is 10.4 Å². The number of hydrogen-bond acceptors (Lipinski definition) is 3. The smallest absolute Gasteiger partial charge is 0.237 e. The van der Waals surface area contributed by atoms with Gasteiger partial charge in [-0.2, -0.15) is 0 Å². The molecule has 2 atom stereocenters. The van der Waals surface area contributed by atoms with Crippen molar-refractivity contribution in [1.29, 1.82) is 0 Å². The van der Waals surface area contributed by atoms with E-state index in [4.69, 9.17) is 11.6 Å². The van der Waals surface area contributed by atoms with Gasteiger partial charge in [0.05, 0.1) is 17.2 Å². The lowest BCUT2D eigenvalue weighted by molar-refractivity contribution is -0.128. The third-order valence-electron chi connectivity index (χ3n) is 4.12. The fourth-order valence-corrected chi connectivity index (χ4v) is 2.94. The van der Waals surface area contributed by atoms with Crippen LogP contribution in [-0.2, 0) is 4.79 Å². The summed E-state index contributed by atoms with van der Waals surface area (Å²) in [5.41, 5.74) is 0.401. The van der Waals surface area contributed by atoms with Crippen LogP contribution < -0.4 is 5.32 Å². The maximum atomic E-state index is 13.4. The number of aliphatic hydroxyl groups is 1. The first kappa shape index (κ1) is 17.2. The number of carbonyl (C=O) groups is 1. The van der Waals surface area contributed by atoms with Crippen molar-refractivity contribution in [3.8, 4) is 0 Å². The lowest BCUT2D eigenvalue weighted by Crippen LogP contribution is -2.49. The van der Waals surface area contributed by atoms with Crippen LogP contribution in [0.3, 0.4) is 0 Å². The zero-order valence-electron chi connectivity index (χ0n) is 12.7. The van der Waals surface area contributed by atoms with Gasteiger partial charge in [-0.05, 0) is 43.6 Å². The fourth-order valence-electron chi connectivity index (χ4n) is 2.82. The first-order chi connectivity index (χ1) is 10.5. The topological polar surface area (TPSA) is 52.6 Å². The number of likely N-dealkylation sites (N-methyl/N-ethyl adjacent to an activating group) is 1. The molecule has 0 saturated carbocycles. The molecule has 4 nitrogen and oxygen atoms in total. The highest BCUT2D eigenvalue weighted by Crippen LogP contribution is 2.20. The summed E-state index contributed by atoms with van der Waals surface area (Å²) in [4.78, 5) is 14.4. The molecule has 122 valence electrons. The number of halogens is 2. The molecule has 0 radical (unpaired) electrons. The summed E-state index contributed by atoms with van der Waals surface area (Å²) in [6, 6.07) is 4.02. The van der Waals surface area contributed by atoms with Gasteiger partial charge in [0.2, 0.25) is 5.91 Å². The van der Waals surface area contributed by atoms with Crippen molar-refractivity contribution in [2.45, 2.75) is 38.3 Å². The molecule has 22 heavy (non-hydrogen) atoms. The van der Waals surface area contributed by atoms with Crippen molar-refractivity contribution in [2.24, 2.45) is 0 Å². The number of likely N-dealkylation sites (tertiary alicyclic amines) is 1. The Hall–Kier alpha value is -1.17. The van der Waals surface area contributed by atoms with E-state index < -0.39 is 11.9 Å². The van der Waals surface area contributed by atoms with Crippen LogP contribution in [0.25, 0.3) is 0 Å².